The van der Waals surface area contributed by atoms with Gasteiger partial charge in [-0.1, -0.05) is 18.2 Å². The third kappa shape index (κ3) is 1.84. The monoisotopic (exact) mass is 242 g/mol. The maximum atomic E-state index is 11.0. The Hall–Kier alpha value is -2.28. The second-order valence-electron chi connectivity index (χ2n) is 4.43. The first kappa shape index (κ1) is 12.2. The van der Waals surface area contributed by atoms with Crippen molar-refractivity contribution in [1.82, 2.24) is 0 Å². The molecule has 0 aromatic heterocycles. The molecule has 0 bridgehead atoms. The highest BCUT2D eigenvalue weighted by atomic mass is 16.4. The lowest BCUT2D eigenvalue weighted by Gasteiger charge is -2.26. The molecule has 4 nitrogen and oxygen atoms in total. The summed E-state index contributed by atoms with van der Waals surface area (Å²) in [4.78, 5) is 13.0. The van der Waals surface area contributed by atoms with Crippen LogP contribution in [0.5, 0.6) is 0 Å². The molecule has 0 amide bonds. The normalized spacial score (nSPS) is 18.9. The van der Waals surface area contributed by atoms with Gasteiger partial charge in [0.1, 0.15) is 6.07 Å². The van der Waals surface area contributed by atoms with Gasteiger partial charge in [0.2, 0.25) is 0 Å². The number of carboxylic acid groups (broad SMARTS) is 1. The van der Waals surface area contributed by atoms with E-state index in [0.29, 0.717) is 5.70 Å². The minimum atomic E-state index is -1.17. The largest absolute Gasteiger partial charge is 0.477 e. The zero-order valence-electron chi connectivity index (χ0n) is 10.3. The van der Waals surface area contributed by atoms with Crippen LogP contribution in [0.4, 0.5) is 5.69 Å². The summed E-state index contributed by atoms with van der Waals surface area (Å²) in [6.45, 7) is 3.71. The first-order valence-corrected chi connectivity index (χ1v) is 5.77. The van der Waals surface area contributed by atoms with E-state index >= 15 is 0 Å². The molecule has 0 saturated carbocycles. The molecule has 0 fully saturated rings. The SMILES string of the molecule is CC(=C(C#N)C(=O)O)N1c2ccccc2CC1C. The van der Waals surface area contributed by atoms with Gasteiger partial charge in [0.05, 0.1) is 0 Å². The molecule has 0 saturated heterocycles. The summed E-state index contributed by atoms with van der Waals surface area (Å²) < 4.78 is 0. The van der Waals surface area contributed by atoms with Crippen LogP contribution in [0.3, 0.4) is 0 Å². The number of rotatable bonds is 2. The predicted molar refractivity (Wildman–Crippen MR) is 68.0 cm³/mol. The highest BCUT2D eigenvalue weighted by molar-refractivity contribution is 5.93. The number of aliphatic carboxylic acids is 1. The number of hydrogen-bond donors (Lipinski definition) is 1. The summed E-state index contributed by atoms with van der Waals surface area (Å²) in [5.41, 5.74) is 2.49. The van der Waals surface area contributed by atoms with Gasteiger partial charge in [-0.05, 0) is 31.9 Å². The van der Waals surface area contributed by atoms with Crippen molar-refractivity contribution in [3.05, 3.63) is 41.1 Å². The molecule has 0 spiro atoms. The van der Waals surface area contributed by atoms with Crippen molar-refractivity contribution in [2.45, 2.75) is 26.3 Å². The van der Waals surface area contributed by atoms with E-state index in [9.17, 15) is 4.79 Å². The van der Waals surface area contributed by atoms with Crippen molar-refractivity contribution in [2.24, 2.45) is 0 Å². The van der Waals surface area contributed by atoms with Crippen LogP contribution < -0.4 is 4.90 Å². The number of anilines is 1. The molecule has 1 aromatic rings. The van der Waals surface area contributed by atoms with Crippen LogP contribution in [-0.2, 0) is 11.2 Å². The summed E-state index contributed by atoms with van der Waals surface area (Å²) >= 11 is 0. The van der Waals surface area contributed by atoms with Gasteiger partial charge in [0, 0.05) is 17.4 Å². The van der Waals surface area contributed by atoms with Crippen molar-refractivity contribution in [1.29, 1.82) is 5.26 Å². The summed E-state index contributed by atoms with van der Waals surface area (Å²) in [5, 5.41) is 18.0. The van der Waals surface area contributed by atoms with Gasteiger partial charge in [-0.25, -0.2) is 4.79 Å². The first-order chi connectivity index (χ1) is 8.56. The topological polar surface area (TPSA) is 64.3 Å². The average molecular weight is 242 g/mol. The van der Waals surface area contributed by atoms with Crippen LogP contribution in [0, 0.1) is 11.3 Å². The Bertz CT molecular complexity index is 569. The lowest BCUT2D eigenvalue weighted by molar-refractivity contribution is -0.132. The number of nitriles is 1. The Kier molecular flexibility index (Phi) is 3.07. The van der Waals surface area contributed by atoms with E-state index in [-0.39, 0.29) is 11.6 Å². The van der Waals surface area contributed by atoms with Crippen molar-refractivity contribution >= 4 is 11.7 Å². The van der Waals surface area contributed by atoms with Gasteiger partial charge in [0.15, 0.2) is 5.57 Å². The van der Waals surface area contributed by atoms with Crippen LogP contribution in [0.25, 0.3) is 0 Å². The van der Waals surface area contributed by atoms with Crippen molar-refractivity contribution < 1.29 is 9.90 Å². The fourth-order valence-corrected chi connectivity index (χ4v) is 2.48. The molecule has 1 unspecified atom stereocenters. The number of hydrogen-bond acceptors (Lipinski definition) is 3. The van der Waals surface area contributed by atoms with Gasteiger partial charge in [0.25, 0.3) is 0 Å². The lowest BCUT2D eigenvalue weighted by atomic mass is 10.1. The second-order valence-corrected chi connectivity index (χ2v) is 4.43. The lowest BCUT2D eigenvalue weighted by Crippen LogP contribution is -2.29. The van der Waals surface area contributed by atoms with Gasteiger partial charge in [-0.3, -0.25) is 0 Å². The molecule has 1 atom stereocenters. The molecule has 18 heavy (non-hydrogen) atoms. The minimum absolute atomic E-state index is 0.171. The molecule has 1 N–H and O–H groups in total. The Balaban J connectivity index is 2.53. The smallest absolute Gasteiger partial charge is 0.348 e. The molecule has 0 aliphatic carbocycles. The molecule has 1 aliphatic rings. The summed E-state index contributed by atoms with van der Waals surface area (Å²) in [6.07, 6.45) is 0.867. The van der Waals surface area contributed by atoms with E-state index in [1.807, 2.05) is 36.1 Å². The van der Waals surface area contributed by atoms with Gasteiger partial charge >= 0.3 is 5.97 Å². The number of fused-ring (bicyclic) bond motifs is 1. The Labute approximate surface area is 106 Å². The molecule has 1 aromatic carbocycles. The summed E-state index contributed by atoms with van der Waals surface area (Å²) in [5.74, 6) is -1.17. The zero-order valence-corrected chi connectivity index (χ0v) is 10.3. The molecule has 2 rings (SSSR count). The van der Waals surface area contributed by atoms with E-state index < -0.39 is 5.97 Å². The fourth-order valence-electron chi connectivity index (χ4n) is 2.48. The Morgan fingerprint density at radius 3 is 2.78 bits per heavy atom. The zero-order chi connectivity index (χ0) is 13.3. The molecule has 1 aliphatic heterocycles. The second kappa shape index (κ2) is 4.53. The fraction of sp³-hybridized carbons (Fsp3) is 0.286. The maximum Gasteiger partial charge on any atom is 0.348 e. The summed E-state index contributed by atoms with van der Waals surface area (Å²) in [7, 11) is 0. The van der Waals surface area contributed by atoms with E-state index in [4.69, 9.17) is 10.4 Å². The van der Waals surface area contributed by atoms with Crippen LogP contribution in [0.1, 0.15) is 19.4 Å². The Morgan fingerprint density at radius 2 is 2.17 bits per heavy atom. The predicted octanol–water partition coefficient (Wildman–Crippen LogP) is 2.32. The van der Waals surface area contributed by atoms with E-state index in [0.717, 1.165) is 12.1 Å². The van der Waals surface area contributed by atoms with Crippen LogP contribution >= 0.6 is 0 Å². The maximum absolute atomic E-state index is 11.0. The van der Waals surface area contributed by atoms with Crippen molar-refractivity contribution in [3.63, 3.8) is 0 Å². The number of carbonyl (C=O) groups is 1. The average Bonchev–Trinajstić information content (AvgIpc) is 2.64. The molecule has 4 heteroatoms. The van der Waals surface area contributed by atoms with Gasteiger partial charge in [-0.2, -0.15) is 5.26 Å². The van der Waals surface area contributed by atoms with Crippen LogP contribution in [-0.4, -0.2) is 17.1 Å². The van der Waals surface area contributed by atoms with Crippen molar-refractivity contribution in [3.8, 4) is 6.07 Å². The van der Waals surface area contributed by atoms with Crippen LogP contribution in [0.2, 0.25) is 0 Å². The number of benzene rings is 1. The Morgan fingerprint density at radius 1 is 1.50 bits per heavy atom. The third-order valence-electron chi connectivity index (χ3n) is 3.26. The molecule has 0 radical (unpaired) electrons. The number of allylic oxidation sites excluding steroid dienone is 1. The first-order valence-electron chi connectivity index (χ1n) is 5.77. The van der Waals surface area contributed by atoms with E-state index in [1.54, 1.807) is 13.0 Å². The molecule has 1 heterocycles. The minimum Gasteiger partial charge on any atom is -0.477 e. The quantitative estimate of drug-likeness (QED) is 0.638. The van der Waals surface area contributed by atoms with Crippen LogP contribution in [0.15, 0.2) is 35.5 Å². The van der Waals surface area contributed by atoms with Gasteiger partial charge in [-0.15, -0.1) is 0 Å². The third-order valence-corrected chi connectivity index (χ3v) is 3.26. The van der Waals surface area contributed by atoms with E-state index in [1.165, 1.54) is 5.56 Å². The highest BCUT2D eigenvalue weighted by Crippen LogP contribution is 2.35. The number of carboxylic acids is 1. The van der Waals surface area contributed by atoms with E-state index in [2.05, 4.69) is 0 Å². The molecule has 92 valence electrons. The summed E-state index contributed by atoms with van der Waals surface area (Å²) in [6, 6.07) is 9.82. The van der Waals surface area contributed by atoms with Crippen molar-refractivity contribution in [2.75, 3.05) is 4.90 Å². The molecular formula is C14H14N2O2. The molecular weight excluding hydrogens is 228 g/mol. The number of para-hydroxylation sites is 1. The number of nitrogens with zero attached hydrogens (tertiary/aromatic N) is 2. The highest BCUT2D eigenvalue weighted by Gasteiger charge is 2.29. The van der Waals surface area contributed by atoms with Gasteiger partial charge < -0.3 is 10.0 Å². The standard InChI is InChI=1S/C14H14N2O2/c1-9-7-11-5-3-4-6-13(11)16(9)10(2)12(8-15)14(17)18/h3-6,9H,7H2,1-2H3,(H,17,18).